The molecule has 8 heterocycles. The van der Waals surface area contributed by atoms with Crippen LogP contribution >= 0.6 is 23.2 Å². The van der Waals surface area contributed by atoms with Crippen LogP contribution in [0.2, 0.25) is 10.0 Å². The number of carbonyl (C=O) groups excluding carboxylic acids is 1. The number of hydrogen-bond donors (Lipinski definition) is 9. The quantitative estimate of drug-likeness (QED) is 0.0389. The van der Waals surface area contributed by atoms with Gasteiger partial charge in [0.2, 0.25) is 0 Å². The standard InChI is InChI=1S/C33H29ClN4O8S.C25H20ClN3O6.C8H11NO3S/c34-24-15-25-31(38-33(36-25)46-27-17-45-29-26(39)16-44-30(27)29)37-28(24)21-7-3-19(4-8-21)20-5-9-22(10-6-20)32(40)35-14-13-18-1-11-23(12-2-18)47(41,42)43;26-16-9-17-23(29-25(27-17)35-19-11-34-21-18(30)10-33-22(19)21)28-20(16)14-5-1-12(2-6-14)13-3-7-15(8-4-13)24(31)32;9-6-5-7-1-3-8(4-2-7)13(10,11)12/h1-12,15,26-27,29-30,39H,13-14,16-17H2,(H,35,40)(H,36,37,38)(H,41,42,43);1-9,18-19,21-22,30H,10-11H2,(H,31,32)(H,27,28,29);1-4H,5-6,9H2,(H,10,11,12)/t26-,27-,29-,30-;18-,19-,21-,22-;/m11./s1. The molecule has 0 saturated carbocycles. The molecule has 4 aliphatic rings. The number of aliphatic hydroxyl groups is 2. The lowest BCUT2D eigenvalue weighted by Gasteiger charge is -2.15. The molecular formula is C66H60Cl2N8O17S2. The van der Waals surface area contributed by atoms with Gasteiger partial charge in [0.25, 0.3) is 38.2 Å². The third kappa shape index (κ3) is 15.3. The van der Waals surface area contributed by atoms with Crippen LogP contribution in [0.15, 0.2) is 168 Å². The number of benzene rings is 6. The maximum Gasteiger partial charge on any atom is 0.335 e. The monoisotopic (exact) mass is 1370 g/mol. The molecule has 4 fully saturated rings. The Hall–Kier alpha value is -8.78. The first kappa shape index (κ1) is 66.2. The summed E-state index contributed by atoms with van der Waals surface area (Å²) in [7, 11) is -8.30. The number of nitrogens with one attached hydrogen (secondary N) is 3. The summed E-state index contributed by atoms with van der Waals surface area (Å²) in [6, 6.07) is 45.2. The van der Waals surface area contributed by atoms with E-state index in [0.29, 0.717) is 81.9 Å². The number of ether oxygens (including phenoxy) is 6. The summed E-state index contributed by atoms with van der Waals surface area (Å²) in [5, 5.41) is 32.7. The van der Waals surface area contributed by atoms with E-state index in [9.17, 15) is 36.6 Å². The second kappa shape index (κ2) is 28.3. The van der Waals surface area contributed by atoms with Crippen molar-refractivity contribution in [2.75, 3.05) is 39.5 Å². The zero-order chi connectivity index (χ0) is 66.7. The van der Waals surface area contributed by atoms with Crippen molar-refractivity contribution in [2.24, 2.45) is 5.73 Å². The maximum absolute atomic E-state index is 12.7. The van der Waals surface area contributed by atoms with Gasteiger partial charge in [-0.15, -0.1) is 0 Å². The van der Waals surface area contributed by atoms with Crippen molar-refractivity contribution < 1.29 is 79.3 Å². The number of carboxylic acids is 1. The average Bonchev–Trinajstić information content (AvgIpc) is 1.73. The number of H-pyrrole nitrogens is 2. The van der Waals surface area contributed by atoms with Crippen molar-refractivity contribution >= 4 is 77.6 Å². The number of halogens is 2. The fourth-order valence-electron chi connectivity index (χ4n) is 11.2. The van der Waals surface area contributed by atoms with Crippen LogP contribution in [0.5, 0.6) is 12.0 Å². The number of aromatic nitrogens is 6. The molecule has 8 atom stereocenters. The van der Waals surface area contributed by atoms with E-state index in [-0.39, 0.29) is 77.5 Å². The molecule has 6 aromatic carbocycles. The number of aliphatic hydroxyl groups excluding tert-OH is 2. The predicted molar refractivity (Wildman–Crippen MR) is 348 cm³/mol. The zero-order valence-corrected chi connectivity index (χ0v) is 53.0. The molecule has 0 unspecified atom stereocenters. The van der Waals surface area contributed by atoms with Crippen molar-refractivity contribution in [1.82, 2.24) is 35.2 Å². The van der Waals surface area contributed by atoms with Gasteiger partial charge in [-0.2, -0.15) is 26.8 Å². The Morgan fingerprint density at radius 3 is 1.27 bits per heavy atom. The second-order valence-corrected chi connectivity index (χ2v) is 26.2. The molecule has 29 heteroatoms. The van der Waals surface area contributed by atoms with Gasteiger partial charge in [0.05, 0.1) is 74.2 Å². The normalized spacial score (nSPS) is 20.5. The molecule has 4 aromatic heterocycles. The molecule has 1 amide bonds. The van der Waals surface area contributed by atoms with E-state index < -0.39 is 50.6 Å². The predicted octanol–water partition coefficient (Wildman–Crippen LogP) is 8.05. The minimum atomic E-state index is -4.24. The van der Waals surface area contributed by atoms with Crippen LogP contribution in [0.25, 0.3) is 67.1 Å². The van der Waals surface area contributed by atoms with Gasteiger partial charge in [0.15, 0.2) is 23.5 Å². The van der Waals surface area contributed by atoms with Crippen molar-refractivity contribution in [3.05, 3.63) is 190 Å². The van der Waals surface area contributed by atoms with Crippen molar-refractivity contribution in [2.45, 2.75) is 71.5 Å². The van der Waals surface area contributed by atoms with Crippen LogP contribution in [0.1, 0.15) is 31.8 Å². The van der Waals surface area contributed by atoms with Crippen LogP contribution in [0.4, 0.5) is 0 Å². The van der Waals surface area contributed by atoms with Crippen molar-refractivity contribution in [3.8, 4) is 56.8 Å². The maximum atomic E-state index is 12.7. The summed E-state index contributed by atoms with van der Waals surface area (Å²) < 4.78 is 95.8. The Balaban J connectivity index is 0.000000157. The highest BCUT2D eigenvalue weighted by atomic mass is 35.5. The summed E-state index contributed by atoms with van der Waals surface area (Å²) in [5.41, 5.74) is 16.5. The van der Waals surface area contributed by atoms with Gasteiger partial charge in [-0.1, -0.05) is 120 Å². The molecule has 95 heavy (non-hydrogen) atoms. The molecule has 492 valence electrons. The molecule has 4 saturated heterocycles. The van der Waals surface area contributed by atoms with Gasteiger partial charge < -0.3 is 64.8 Å². The molecule has 10 N–H and O–H groups in total. The average molecular weight is 1370 g/mol. The fourth-order valence-corrected chi connectivity index (χ4v) is 12.7. The van der Waals surface area contributed by atoms with E-state index in [0.717, 1.165) is 44.5 Å². The smallest absolute Gasteiger partial charge is 0.335 e. The Labute approximate surface area is 552 Å². The lowest BCUT2D eigenvalue weighted by atomic mass is 10.0. The van der Waals surface area contributed by atoms with E-state index >= 15 is 0 Å². The number of nitrogens with two attached hydrogens (primary N) is 1. The molecule has 10 aromatic rings. The Bertz CT molecular complexity index is 4650. The number of aromatic carboxylic acids is 1. The number of carbonyl (C=O) groups is 2. The lowest BCUT2D eigenvalue weighted by molar-refractivity contribution is 0.00703. The number of fused-ring (bicyclic) bond motifs is 4. The van der Waals surface area contributed by atoms with E-state index in [2.05, 4.69) is 35.2 Å². The largest absolute Gasteiger partial charge is 0.478 e. The molecule has 0 spiro atoms. The first-order valence-corrected chi connectivity index (χ1v) is 33.3. The number of rotatable bonds is 17. The number of aromatic amines is 2. The minimum Gasteiger partial charge on any atom is -0.478 e. The number of imidazole rings is 2. The van der Waals surface area contributed by atoms with E-state index in [4.69, 9.17) is 71.6 Å². The number of amides is 1. The summed E-state index contributed by atoms with van der Waals surface area (Å²) in [4.78, 5) is 47.9. The Morgan fingerprint density at radius 2 is 0.884 bits per heavy atom. The lowest BCUT2D eigenvalue weighted by Crippen LogP contribution is -2.34. The highest BCUT2D eigenvalue weighted by Gasteiger charge is 2.50. The number of pyridine rings is 2. The number of carboxylic acid groups (broad SMARTS) is 1. The molecule has 4 aliphatic heterocycles. The summed E-state index contributed by atoms with van der Waals surface area (Å²) in [6.07, 6.45) is -2.41. The fraction of sp³-hybridized carbons (Fsp3) is 0.242. The van der Waals surface area contributed by atoms with Crippen LogP contribution in [0.3, 0.4) is 0 Å². The van der Waals surface area contributed by atoms with E-state index in [1.165, 1.54) is 24.3 Å². The van der Waals surface area contributed by atoms with Gasteiger partial charge in [-0.3, -0.25) is 13.9 Å². The zero-order valence-electron chi connectivity index (χ0n) is 49.9. The highest BCUT2D eigenvalue weighted by molar-refractivity contribution is 7.86. The molecule has 25 nitrogen and oxygen atoms in total. The summed E-state index contributed by atoms with van der Waals surface area (Å²) in [6.45, 7) is 1.90. The number of nitrogens with zero attached hydrogens (tertiary/aromatic N) is 4. The first-order valence-electron chi connectivity index (χ1n) is 29.7. The third-order valence-corrected chi connectivity index (χ3v) is 18.4. The molecule has 0 radical (unpaired) electrons. The van der Waals surface area contributed by atoms with Crippen LogP contribution in [0, 0.1) is 0 Å². The molecule has 14 rings (SSSR count). The van der Waals surface area contributed by atoms with Crippen LogP contribution in [-0.4, -0.2) is 171 Å². The topological polar surface area (TPSA) is 380 Å². The van der Waals surface area contributed by atoms with Crippen LogP contribution < -0.4 is 20.5 Å². The van der Waals surface area contributed by atoms with Gasteiger partial charge in [-0.25, -0.2) is 14.8 Å². The van der Waals surface area contributed by atoms with Crippen molar-refractivity contribution in [3.63, 3.8) is 0 Å². The van der Waals surface area contributed by atoms with Crippen molar-refractivity contribution in [1.29, 1.82) is 0 Å². The molecule has 0 aliphatic carbocycles. The SMILES string of the molecule is NCCc1ccc(S(=O)(=O)O)cc1.O=C(NCCc1ccc(S(=O)(=O)O)cc1)c1ccc(-c2ccc(-c3nc4nc(O[C@@H]5CO[C@H]6[C@@H]5OC[C@H]6O)[nH]c4cc3Cl)cc2)cc1.O=C(O)c1ccc(-c2ccc(-c3nc4nc(O[C@@H]5CO[C@H]6[C@@H]5OC[C@H]6O)[nH]c4cc3Cl)cc2)cc1. The number of hydrogen-bond acceptors (Lipinski definition) is 19. The third-order valence-electron chi connectivity index (χ3n) is 16.1. The minimum absolute atomic E-state index is 0.0896. The molecular weight excluding hydrogens is 1310 g/mol. The Morgan fingerprint density at radius 1 is 0.516 bits per heavy atom. The van der Waals surface area contributed by atoms with Gasteiger partial charge >= 0.3 is 5.97 Å². The van der Waals surface area contributed by atoms with Crippen LogP contribution in [-0.2, 0) is 52.0 Å². The van der Waals surface area contributed by atoms with Gasteiger partial charge in [0.1, 0.15) is 36.6 Å². The first-order chi connectivity index (χ1) is 45.6. The molecule has 0 bridgehead atoms. The summed E-state index contributed by atoms with van der Waals surface area (Å²) >= 11 is 13.2. The summed E-state index contributed by atoms with van der Waals surface area (Å²) in [5.74, 6) is -1.18. The van der Waals surface area contributed by atoms with Gasteiger partial charge in [-0.05, 0) is 113 Å². The van der Waals surface area contributed by atoms with E-state index in [1.807, 2.05) is 60.7 Å². The van der Waals surface area contributed by atoms with Gasteiger partial charge in [0, 0.05) is 23.2 Å². The van der Waals surface area contributed by atoms with E-state index in [1.54, 1.807) is 72.8 Å². The Kier molecular flexibility index (Phi) is 19.7. The highest BCUT2D eigenvalue weighted by Crippen LogP contribution is 2.36. The second-order valence-electron chi connectivity index (χ2n) is 22.5.